The highest BCUT2D eigenvalue weighted by Gasteiger charge is 2.18. The molecule has 1 aromatic heterocycles. The molecule has 1 aliphatic heterocycles. The van der Waals surface area contributed by atoms with Crippen LogP contribution in [0.4, 0.5) is 0 Å². The fraction of sp³-hybridized carbons (Fsp3) is 0.357. The van der Waals surface area contributed by atoms with Crippen LogP contribution in [0.2, 0.25) is 0 Å². The summed E-state index contributed by atoms with van der Waals surface area (Å²) in [5.74, 6) is 0.723. The Kier molecular flexibility index (Phi) is 2.59. The second-order valence-corrected chi connectivity index (χ2v) is 4.67. The molecule has 94 valence electrons. The van der Waals surface area contributed by atoms with E-state index in [4.69, 9.17) is 4.74 Å². The van der Waals surface area contributed by atoms with Gasteiger partial charge in [-0.15, -0.1) is 0 Å². The molecule has 18 heavy (non-hydrogen) atoms. The quantitative estimate of drug-likeness (QED) is 0.799. The number of rotatable bonds is 1. The van der Waals surface area contributed by atoms with E-state index >= 15 is 0 Å². The second-order valence-electron chi connectivity index (χ2n) is 4.67. The third-order valence-corrected chi connectivity index (χ3v) is 3.63. The molecule has 0 saturated carbocycles. The van der Waals surface area contributed by atoms with Crippen LogP contribution in [0.5, 0.6) is 5.75 Å². The summed E-state index contributed by atoms with van der Waals surface area (Å²) in [6, 6.07) is 3.94. The molecule has 2 aromatic rings. The zero-order valence-corrected chi connectivity index (χ0v) is 10.6. The van der Waals surface area contributed by atoms with Gasteiger partial charge in [0.15, 0.2) is 0 Å². The molecular weight excluding hydrogens is 228 g/mol. The Morgan fingerprint density at radius 3 is 2.89 bits per heavy atom. The van der Waals surface area contributed by atoms with Crippen LogP contribution < -0.4 is 15.6 Å². The molecule has 4 nitrogen and oxygen atoms in total. The van der Waals surface area contributed by atoms with E-state index in [-0.39, 0.29) is 5.56 Å². The van der Waals surface area contributed by atoms with Crippen molar-refractivity contribution in [2.45, 2.75) is 19.9 Å². The lowest BCUT2D eigenvalue weighted by Gasteiger charge is -2.20. The Hall–Kier alpha value is -1.81. The normalized spacial score (nSPS) is 14.6. The van der Waals surface area contributed by atoms with Gasteiger partial charge in [-0.05, 0) is 37.1 Å². The minimum absolute atomic E-state index is 0.0166. The van der Waals surface area contributed by atoms with E-state index in [0.29, 0.717) is 0 Å². The van der Waals surface area contributed by atoms with E-state index in [1.807, 2.05) is 12.1 Å². The van der Waals surface area contributed by atoms with Crippen LogP contribution in [0.1, 0.15) is 16.7 Å². The van der Waals surface area contributed by atoms with E-state index in [1.54, 1.807) is 7.11 Å². The topological polar surface area (TPSA) is 54.1 Å². The first-order valence-electron chi connectivity index (χ1n) is 6.14. The predicted molar refractivity (Wildman–Crippen MR) is 71.3 cm³/mol. The zero-order valence-electron chi connectivity index (χ0n) is 10.6. The lowest BCUT2D eigenvalue weighted by molar-refractivity contribution is 0.418. The standard InChI is InChI=1S/C14H16N2O2/c1-8-3-4-11(18-2)13-12(8)10-7-15-6-5-9(10)14(17)16-13/h3-4,15H,5-7H2,1-2H3,(H,16,17). The number of benzene rings is 1. The Bertz CT molecular complexity index is 674. The monoisotopic (exact) mass is 244 g/mol. The van der Waals surface area contributed by atoms with E-state index in [1.165, 1.54) is 5.56 Å². The smallest absolute Gasteiger partial charge is 0.252 e. The number of hydrogen-bond acceptors (Lipinski definition) is 3. The Morgan fingerprint density at radius 2 is 2.11 bits per heavy atom. The summed E-state index contributed by atoms with van der Waals surface area (Å²) in [5.41, 5.74) is 4.03. The number of aromatic nitrogens is 1. The van der Waals surface area contributed by atoms with Crippen LogP contribution in [0, 0.1) is 6.92 Å². The van der Waals surface area contributed by atoms with Gasteiger partial charge in [-0.25, -0.2) is 0 Å². The lowest BCUT2D eigenvalue weighted by atomic mass is 9.95. The van der Waals surface area contributed by atoms with Crippen LogP contribution in [-0.2, 0) is 13.0 Å². The van der Waals surface area contributed by atoms with E-state index in [9.17, 15) is 4.79 Å². The molecule has 0 amide bonds. The Morgan fingerprint density at radius 1 is 1.28 bits per heavy atom. The zero-order chi connectivity index (χ0) is 12.7. The highest BCUT2D eigenvalue weighted by molar-refractivity contribution is 5.91. The number of methoxy groups -OCH3 is 1. The Labute approximate surface area is 105 Å². The molecule has 0 saturated heterocycles. The number of aromatic amines is 1. The van der Waals surface area contributed by atoms with Crippen molar-refractivity contribution in [2.75, 3.05) is 13.7 Å². The fourth-order valence-corrected chi connectivity index (χ4v) is 2.73. The SMILES string of the molecule is COc1ccc(C)c2c3c(c(=O)[nH]c12)CCNC3. The summed E-state index contributed by atoms with van der Waals surface area (Å²) < 4.78 is 5.34. The van der Waals surface area contributed by atoms with Crippen molar-refractivity contribution in [3.63, 3.8) is 0 Å². The highest BCUT2D eigenvalue weighted by atomic mass is 16.5. The predicted octanol–water partition coefficient (Wildman–Crippen LogP) is 1.49. The van der Waals surface area contributed by atoms with Crippen LogP contribution >= 0.6 is 0 Å². The molecule has 0 bridgehead atoms. The lowest BCUT2D eigenvalue weighted by Crippen LogP contribution is -2.30. The van der Waals surface area contributed by atoms with Gasteiger partial charge in [0, 0.05) is 17.5 Å². The molecule has 0 aliphatic carbocycles. The molecular formula is C14H16N2O2. The van der Waals surface area contributed by atoms with E-state index in [0.717, 1.165) is 47.3 Å². The van der Waals surface area contributed by atoms with Gasteiger partial charge in [-0.2, -0.15) is 0 Å². The number of hydrogen-bond donors (Lipinski definition) is 2. The maximum Gasteiger partial charge on any atom is 0.252 e. The van der Waals surface area contributed by atoms with Crippen LogP contribution in [0.15, 0.2) is 16.9 Å². The minimum Gasteiger partial charge on any atom is -0.495 e. The van der Waals surface area contributed by atoms with Gasteiger partial charge in [-0.3, -0.25) is 4.79 Å². The van der Waals surface area contributed by atoms with Crippen molar-refractivity contribution >= 4 is 10.9 Å². The van der Waals surface area contributed by atoms with Crippen molar-refractivity contribution < 1.29 is 4.74 Å². The van der Waals surface area contributed by atoms with Gasteiger partial charge in [0.05, 0.1) is 12.6 Å². The van der Waals surface area contributed by atoms with E-state index in [2.05, 4.69) is 17.2 Å². The van der Waals surface area contributed by atoms with Gasteiger partial charge in [0.2, 0.25) is 0 Å². The molecule has 1 aliphatic rings. The average molecular weight is 244 g/mol. The van der Waals surface area contributed by atoms with Crippen LogP contribution in [0.3, 0.4) is 0 Å². The molecule has 1 aromatic carbocycles. The van der Waals surface area contributed by atoms with Gasteiger partial charge in [0.1, 0.15) is 5.75 Å². The fourth-order valence-electron chi connectivity index (χ4n) is 2.73. The average Bonchev–Trinajstić information content (AvgIpc) is 2.39. The summed E-state index contributed by atoms with van der Waals surface area (Å²) in [5, 5.41) is 4.45. The maximum absolute atomic E-state index is 12.1. The third kappa shape index (κ3) is 1.53. The van der Waals surface area contributed by atoms with Gasteiger partial charge >= 0.3 is 0 Å². The van der Waals surface area contributed by atoms with Gasteiger partial charge in [0.25, 0.3) is 5.56 Å². The largest absolute Gasteiger partial charge is 0.495 e. The van der Waals surface area contributed by atoms with Crippen molar-refractivity contribution in [3.05, 3.63) is 39.2 Å². The summed E-state index contributed by atoms with van der Waals surface area (Å²) in [6.45, 7) is 3.68. The van der Waals surface area contributed by atoms with Crippen LogP contribution in [-0.4, -0.2) is 18.6 Å². The molecule has 2 N–H and O–H groups in total. The number of ether oxygens (including phenoxy) is 1. The summed E-state index contributed by atoms with van der Waals surface area (Å²) in [7, 11) is 1.63. The molecule has 2 heterocycles. The number of fused-ring (bicyclic) bond motifs is 3. The second kappa shape index (κ2) is 4.14. The molecule has 0 fully saturated rings. The first-order valence-corrected chi connectivity index (χ1v) is 6.14. The first-order chi connectivity index (χ1) is 8.72. The third-order valence-electron chi connectivity index (χ3n) is 3.63. The molecule has 0 spiro atoms. The highest BCUT2D eigenvalue weighted by Crippen LogP contribution is 2.30. The molecule has 3 rings (SSSR count). The minimum atomic E-state index is 0.0166. The van der Waals surface area contributed by atoms with Gasteiger partial charge in [-0.1, -0.05) is 6.07 Å². The van der Waals surface area contributed by atoms with Crippen molar-refractivity contribution in [3.8, 4) is 5.75 Å². The molecule has 0 radical (unpaired) electrons. The molecule has 4 heteroatoms. The maximum atomic E-state index is 12.1. The summed E-state index contributed by atoms with van der Waals surface area (Å²) in [6.07, 6.45) is 0.789. The number of H-pyrrole nitrogens is 1. The van der Waals surface area contributed by atoms with Crippen LogP contribution in [0.25, 0.3) is 10.9 Å². The number of nitrogens with one attached hydrogen (secondary N) is 2. The van der Waals surface area contributed by atoms with Crippen molar-refractivity contribution in [1.82, 2.24) is 10.3 Å². The number of pyridine rings is 1. The van der Waals surface area contributed by atoms with Crippen molar-refractivity contribution in [2.24, 2.45) is 0 Å². The first kappa shape index (κ1) is 11.3. The summed E-state index contributed by atoms with van der Waals surface area (Å²) >= 11 is 0. The van der Waals surface area contributed by atoms with E-state index < -0.39 is 0 Å². The summed E-state index contributed by atoms with van der Waals surface area (Å²) in [4.78, 5) is 15.1. The van der Waals surface area contributed by atoms with Gasteiger partial charge < -0.3 is 15.0 Å². The number of aryl methyl sites for hydroxylation is 1. The molecule has 0 atom stereocenters. The molecule has 0 unspecified atom stereocenters. The van der Waals surface area contributed by atoms with Crippen molar-refractivity contribution in [1.29, 1.82) is 0 Å². The Balaban J connectivity index is 2.47.